The third kappa shape index (κ3) is 1.90. The lowest BCUT2D eigenvalue weighted by Crippen LogP contribution is -2.09. The van der Waals surface area contributed by atoms with Crippen LogP contribution in [0.2, 0.25) is 0 Å². The smallest absolute Gasteiger partial charge is 0.133 e. The molecule has 0 bridgehead atoms. The molecule has 0 saturated carbocycles. The van der Waals surface area contributed by atoms with Gasteiger partial charge in [-0.3, -0.25) is 0 Å². The molecule has 0 aliphatic heterocycles. The Kier molecular flexibility index (Phi) is 3.23. The molecule has 0 radical (unpaired) electrons. The van der Waals surface area contributed by atoms with Crippen LogP contribution in [0.15, 0.2) is 23.9 Å². The van der Waals surface area contributed by atoms with Crippen LogP contribution in [0.3, 0.4) is 0 Å². The van der Waals surface area contributed by atoms with Gasteiger partial charge in [0.1, 0.15) is 5.82 Å². The predicted octanol–water partition coefficient (Wildman–Crippen LogP) is 1.25. The SMILES string of the molecule is C=Cc1ccnc(N)c1/C(C)=N\NC. The molecule has 0 fully saturated rings. The minimum atomic E-state index is 0.471. The van der Waals surface area contributed by atoms with Crippen LogP contribution in [0, 0.1) is 0 Å². The lowest BCUT2D eigenvalue weighted by Gasteiger charge is -2.07. The molecule has 0 unspecified atom stereocenters. The number of nitrogen functional groups attached to an aromatic ring is 1. The molecule has 0 aromatic carbocycles. The number of nitrogens with two attached hydrogens (primary N) is 1. The summed E-state index contributed by atoms with van der Waals surface area (Å²) >= 11 is 0. The van der Waals surface area contributed by atoms with E-state index in [0.29, 0.717) is 5.82 Å². The molecule has 0 amide bonds. The van der Waals surface area contributed by atoms with Gasteiger partial charge >= 0.3 is 0 Å². The third-order valence-electron chi connectivity index (χ3n) is 1.87. The molecule has 0 aliphatic rings. The first-order valence-corrected chi connectivity index (χ1v) is 4.29. The summed E-state index contributed by atoms with van der Waals surface area (Å²) in [7, 11) is 1.74. The molecule has 74 valence electrons. The second-order valence-corrected chi connectivity index (χ2v) is 2.79. The molecular weight excluding hydrogens is 176 g/mol. The largest absolute Gasteiger partial charge is 0.383 e. The summed E-state index contributed by atoms with van der Waals surface area (Å²) in [5.41, 5.74) is 11.0. The van der Waals surface area contributed by atoms with E-state index < -0.39 is 0 Å². The molecule has 0 spiro atoms. The molecule has 4 nitrogen and oxygen atoms in total. The van der Waals surface area contributed by atoms with Gasteiger partial charge in [-0.25, -0.2) is 4.98 Å². The third-order valence-corrected chi connectivity index (χ3v) is 1.87. The number of anilines is 1. The van der Waals surface area contributed by atoms with Crippen molar-refractivity contribution in [2.45, 2.75) is 6.92 Å². The predicted molar refractivity (Wildman–Crippen MR) is 60.0 cm³/mol. The topological polar surface area (TPSA) is 63.3 Å². The zero-order chi connectivity index (χ0) is 10.6. The average Bonchev–Trinajstić information content (AvgIpc) is 2.17. The maximum absolute atomic E-state index is 5.76. The molecule has 1 aromatic rings. The Morgan fingerprint density at radius 1 is 1.71 bits per heavy atom. The summed E-state index contributed by atoms with van der Waals surface area (Å²) < 4.78 is 0. The molecular formula is C10H14N4. The summed E-state index contributed by atoms with van der Waals surface area (Å²) in [4.78, 5) is 4.01. The van der Waals surface area contributed by atoms with Crippen LogP contribution < -0.4 is 11.2 Å². The second-order valence-electron chi connectivity index (χ2n) is 2.79. The Balaban J connectivity index is 3.30. The van der Waals surface area contributed by atoms with Gasteiger partial charge in [-0.15, -0.1) is 0 Å². The number of hydrazone groups is 1. The fraction of sp³-hybridized carbons (Fsp3) is 0.200. The fourth-order valence-electron chi connectivity index (χ4n) is 1.28. The van der Waals surface area contributed by atoms with Crippen molar-refractivity contribution in [3.63, 3.8) is 0 Å². The van der Waals surface area contributed by atoms with E-state index >= 15 is 0 Å². The highest BCUT2D eigenvalue weighted by atomic mass is 15.3. The van der Waals surface area contributed by atoms with Gasteiger partial charge in [-0.2, -0.15) is 5.10 Å². The van der Waals surface area contributed by atoms with E-state index in [1.54, 1.807) is 19.3 Å². The van der Waals surface area contributed by atoms with Gasteiger partial charge in [-0.1, -0.05) is 12.7 Å². The standard InChI is InChI=1S/C10H14N4/c1-4-8-5-6-13-10(11)9(8)7(2)14-12-3/h4-6,12H,1H2,2-3H3,(H2,11,13)/b14-7-. The lowest BCUT2D eigenvalue weighted by atomic mass is 10.1. The second kappa shape index (κ2) is 4.41. The highest BCUT2D eigenvalue weighted by Crippen LogP contribution is 2.16. The van der Waals surface area contributed by atoms with Crippen LogP contribution in [-0.2, 0) is 0 Å². The van der Waals surface area contributed by atoms with Crippen LogP contribution in [-0.4, -0.2) is 17.7 Å². The van der Waals surface area contributed by atoms with Gasteiger partial charge in [0.15, 0.2) is 0 Å². The van der Waals surface area contributed by atoms with Crippen molar-refractivity contribution in [2.24, 2.45) is 5.10 Å². The molecule has 1 aromatic heterocycles. The van der Waals surface area contributed by atoms with Crippen molar-refractivity contribution in [2.75, 3.05) is 12.8 Å². The Hall–Kier alpha value is -1.84. The Bertz CT molecular complexity index is 368. The molecule has 0 saturated heterocycles. The maximum Gasteiger partial charge on any atom is 0.133 e. The van der Waals surface area contributed by atoms with Gasteiger partial charge in [0.05, 0.1) is 5.71 Å². The van der Waals surface area contributed by atoms with Crippen LogP contribution in [0.4, 0.5) is 5.82 Å². The number of rotatable bonds is 3. The van der Waals surface area contributed by atoms with Crippen molar-refractivity contribution in [1.82, 2.24) is 10.4 Å². The Morgan fingerprint density at radius 2 is 2.43 bits per heavy atom. The van der Waals surface area contributed by atoms with Crippen molar-refractivity contribution in [3.8, 4) is 0 Å². The van der Waals surface area contributed by atoms with E-state index in [1.165, 1.54) is 0 Å². The summed E-state index contributed by atoms with van der Waals surface area (Å²) in [5, 5.41) is 4.06. The maximum atomic E-state index is 5.76. The van der Waals surface area contributed by atoms with Crippen molar-refractivity contribution in [3.05, 3.63) is 30.0 Å². The molecule has 0 atom stereocenters. The number of hydrogen-bond acceptors (Lipinski definition) is 4. The van der Waals surface area contributed by atoms with Crippen LogP contribution in [0.5, 0.6) is 0 Å². The Morgan fingerprint density at radius 3 is 3.00 bits per heavy atom. The first-order valence-electron chi connectivity index (χ1n) is 4.29. The quantitative estimate of drug-likeness (QED) is 0.557. The van der Waals surface area contributed by atoms with Crippen molar-refractivity contribution >= 4 is 17.6 Å². The first-order chi connectivity index (χ1) is 6.70. The number of aromatic nitrogens is 1. The summed E-state index contributed by atoms with van der Waals surface area (Å²) in [6, 6.07) is 1.85. The van der Waals surface area contributed by atoms with E-state index in [1.807, 2.05) is 13.0 Å². The normalized spacial score (nSPS) is 11.1. The zero-order valence-electron chi connectivity index (χ0n) is 8.41. The minimum Gasteiger partial charge on any atom is -0.383 e. The highest BCUT2D eigenvalue weighted by molar-refractivity contribution is 6.05. The van der Waals surface area contributed by atoms with Gasteiger partial charge in [-0.05, 0) is 18.6 Å². The van der Waals surface area contributed by atoms with E-state index in [0.717, 1.165) is 16.8 Å². The highest BCUT2D eigenvalue weighted by Gasteiger charge is 2.07. The summed E-state index contributed by atoms with van der Waals surface area (Å²) in [5.74, 6) is 0.471. The van der Waals surface area contributed by atoms with E-state index in [9.17, 15) is 0 Å². The lowest BCUT2D eigenvalue weighted by molar-refractivity contribution is 0.899. The number of nitrogens with zero attached hydrogens (tertiary/aromatic N) is 2. The van der Waals surface area contributed by atoms with Gasteiger partial charge < -0.3 is 11.2 Å². The van der Waals surface area contributed by atoms with Crippen LogP contribution in [0.1, 0.15) is 18.1 Å². The van der Waals surface area contributed by atoms with Crippen molar-refractivity contribution in [1.29, 1.82) is 0 Å². The van der Waals surface area contributed by atoms with Gasteiger partial charge in [0.25, 0.3) is 0 Å². The number of nitrogens with one attached hydrogen (secondary N) is 1. The monoisotopic (exact) mass is 190 g/mol. The van der Waals surface area contributed by atoms with Crippen LogP contribution >= 0.6 is 0 Å². The Labute approximate surface area is 83.5 Å². The molecule has 3 N–H and O–H groups in total. The molecule has 14 heavy (non-hydrogen) atoms. The summed E-state index contributed by atoms with van der Waals surface area (Å²) in [6.07, 6.45) is 3.39. The number of pyridine rings is 1. The molecule has 4 heteroatoms. The molecule has 1 rings (SSSR count). The molecule has 0 aliphatic carbocycles. The van der Waals surface area contributed by atoms with Gasteiger partial charge in [0.2, 0.25) is 0 Å². The average molecular weight is 190 g/mol. The first kappa shape index (κ1) is 10.2. The molecule has 1 heterocycles. The van der Waals surface area contributed by atoms with E-state index in [-0.39, 0.29) is 0 Å². The van der Waals surface area contributed by atoms with E-state index in [4.69, 9.17) is 5.73 Å². The van der Waals surface area contributed by atoms with Gasteiger partial charge in [0, 0.05) is 18.8 Å². The zero-order valence-corrected chi connectivity index (χ0v) is 8.41. The minimum absolute atomic E-state index is 0.471. The summed E-state index contributed by atoms with van der Waals surface area (Å²) in [6.45, 7) is 5.59. The fourth-order valence-corrected chi connectivity index (χ4v) is 1.28. The van der Waals surface area contributed by atoms with Crippen LogP contribution in [0.25, 0.3) is 6.08 Å². The van der Waals surface area contributed by atoms with E-state index in [2.05, 4.69) is 22.1 Å². The number of hydrogen-bond donors (Lipinski definition) is 2. The van der Waals surface area contributed by atoms with Crippen molar-refractivity contribution < 1.29 is 0 Å².